The lowest BCUT2D eigenvalue weighted by molar-refractivity contribution is 0.600. The minimum absolute atomic E-state index is 0.120. The molecule has 0 unspecified atom stereocenters. The molecule has 0 aliphatic carbocycles. The Morgan fingerprint density at radius 1 is 1.04 bits per heavy atom. The summed E-state index contributed by atoms with van der Waals surface area (Å²) in [6.45, 7) is 9.83. The zero-order chi connectivity index (χ0) is 19.4. The Kier molecular flexibility index (Phi) is 5.89. The van der Waals surface area contributed by atoms with Gasteiger partial charge >= 0.3 is 0 Å². The van der Waals surface area contributed by atoms with Crippen LogP contribution in [0.3, 0.4) is 0 Å². The number of hydrogen-bond donors (Lipinski definition) is 1. The molecule has 2 aromatic rings. The predicted octanol–water partition coefficient (Wildman–Crippen LogP) is 3.18. The summed E-state index contributed by atoms with van der Waals surface area (Å²) < 4.78 is 26.3. The lowest BCUT2D eigenvalue weighted by Crippen LogP contribution is -2.47. The Morgan fingerprint density at radius 3 is 2.37 bits per heavy atom. The van der Waals surface area contributed by atoms with Gasteiger partial charge in [0.25, 0.3) is 0 Å². The van der Waals surface area contributed by atoms with E-state index in [4.69, 9.17) is 0 Å². The van der Waals surface area contributed by atoms with Crippen molar-refractivity contribution in [1.29, 1.82) is 0 Å². The molecule has 1 aromatic heterocycles. The monoisotopic (exact) mass is 388 g/mol. The van der Waals surface area contributed by atoms with Crippen LogP contribution >= 0.6 is 0 Å². The number of aryl methyl sites for hydroxylation is 1. The van der Waals surface area contributed by atoms with Gasteiger partial charge in [0, 0.05) is 31.9 Å². The molecule has 7 heteroatoms. The van der Waals surface area contributed by atoms with Crippen molar-refractivity contribution in [2.45, 2.75) is 27.2 Å². The first kappa shape index (κ1) is 19.5. The fourth-order valence-electron chi connectivity index (χ4n) is 3.39. The van der Waals surface area contributed by atoms with Gasteiger partial charge in [-0.25, -0.2) is 13.4 Å². The van der Waals surface area contributed by atoms with Crippen molar-refractivity contribution in [2.24, 2.45) is 0 Å². The minimum atomic E-state index is -3.28. The van der Waals surface area contributed by atoms with Crippen LogP contribution in [0.15, 0.2) is 36.5 Å². The summed E-state index contributed by atoms with van der Waals surface area (Å²) in [4.78, 5) is 9.12. The Labute approximate surface area is 162 Å². The van der Waals surface area contributed by atoms with E-state index in [0.29, 0.717) is 12.1 Å². The fourth-order valence-corrected chi connectivity index (χ4v) is 4.51. The Balaban J connectivity index is 1.62. The van der Waals surface area contributed by atoms with E-state index in [-0.39, 0.29) is 5.75 Å². The second kappa shape index (κ2) is 8.17. The van der Waals surface area contributed by atoms with Crippen LogP contribution < -0.4 is 14.5 Å². The maximum Gasteiger partial charge on any atom is 0.232 e. The summed E-state index contributed by atoms with van der Waals surface area (Å²) in [6, 6.07) is 10.1. The highest BCUT2D eigenvalue weighted by Gasteiger charge is 2.20. The highest BCUT2D eigenvalue weighted by molar-refractivity contribution is 7.92. The van der Waals surface area contributed by atoms with Crippen LogP contribution in [0.25, 0.3) is 0 Å². The molecule has 1 fully saturated rings. The second-order valence-corrected chi connectivity index (χ2v) is 8.86. The number of aromatic nitrogens is 1. The summed E-state index contributed by atoms with van der Waals surface area (Å²) in [5.74, 6) is 1.00. The molecule has 1 saturated heterocycles. The summed E-state index contributed by atoms with van der Waals surface area (Å²) >= 11 is 0. The molecule has 1 N–H and O–H groups in total. The quantitative estimate of drug-likeness (QED) is 0.823. The molecular formula is C20H28N4O2S. The molecule has 3 rings (SSSR count). The molecule has 1 aliphatic rings. The fraction of sp³-hybridized carbons (Fsp3) is 0.450. The van der Waals surface area contributed by atoms with Crippen molar-refractivity contribution in [3.63, 3.8) is 0 Å². The highest BCUT2D eigenvalue weighted by Crippen LogP contribution is 2.25. The standard InChI is InChI=1S/C20H28N4O2S/c1-4-14-27(25,26)22-18-8-9-20(21-15-18)24-12-10-23(11-13-24)19-7-5-6-16(2)17(19)3/h5-9,15,22H,4,10-14H2,1-3H3. The Morgan fingerprint density at radius 2 is 1.74 bits per heavy atom. The van der Waals surface area contributed by atoms with Crippen molar-refractivity contribution in [3.05, 3.63) is 47.7 Å². The summed E-state index contributed by atoms with van der Waals surface area (Å²) in [5.41, 5.74) is 4.48. The van der Waals surface area contributed by atoms with Gasteiger partial charge in [-0.15, -0.1) is 0 Å². The van der Waals surface area contributed by atoms with E-state index in [0.717, 1.165) is 32.0 Å². The Hall–Kier alpha value is -2.28. The van der Waals surface area contributed by atoms with Crippen LogP contribution in [0.4, 0.5) is 17.2 Å². The maximum atomic E-state index is 11.9. The summed E-state index contributed by atoms with van der Waals surface area (Å²) in [6.07, 6.45) is 2.19. The molecule has 0 amide bonds. The summed E-state index contributed by atoms with van der Waals surface area (Å²) in [7, 11) is -3.28. The molecular weight excluding hydrogens is 360 g/mol. The van der Waals surface area contributed by atoms with E-state index >= 15 is 0 Å². The van der Waals surface area contributed by atoms with Crippen LogP contribution in [-0.2, 0) is 10.0 Å². The lowest BCUT2D eigenvalue weighted by Gasteiger charge is -2.37. The Bertz CT molecular complexity index is 873. The molecule has 2 heterocycles. The van der Waals surface area contributed by atoms with Crippen molar-refractivity contribution in [3.8, 4) is 0 Å². The number of nitrogens with zero attached hydrogens (tertiary/aromatic N) is 3. The number of pyridine rings is 1. The zero-order valence-electron chi connectivity index (χ0n) is 16.3. The molecule has 1 aliphatic heterocycles. The number of nitrogens with one attached hydrogen (secondary N) is 1. The maximum absolute atomic E-state index is 11.9. The minimum Gasteiger partial charge on any atom is -0.368 e. The average molecular weight is 389 g/mol. The number of hydrogen-bond acceptors (Lipinski definition) is 5. The van der Waals surface area contributed by atoms with Crippen molar-refractivity contribution >= 4 is 27.2 Å². The first-order valence-corrected chi connectivity index (χ1v) is 11.1. The van der Waals surface area contributed by atoms with Gasteiger partial charge in [0.1, 0.15) is 5.82 Å². The smallest absolute Gasteiger partial charge is 0.232 e. The number of piperazine rings is 1. The largest absolute Gasteiger partial charge is 0.368 e. The zero-order valence-corrected chi connectivity index (χ0v) is 17.1. The number of rotatable bonds is 6. The average Bonchev–Trinajstić information content (AvgIpc) is 2.64. The highest BCUT2D eigenvalue weighted by atomic mass is 32.2. The summed E-state index contributed by atoms with van der Waals surface area (Å²) in [5, 5.41) is 0. The van der Waals surface area contributed by atoms with E-state index in [1.165, 1.54) is 16.8 Å². The number of anilines is 3. The van der Waals surface area contributed by atoms with E-state index in [1.54, 1.807) is 12.3 Å². The van der Waals surface area contributed by atoms with Gasteiger partial charge in [-0.05, 0) is 49.6 Å². The van der Waals surface area contributed by atoms with E-state index in [9.17, 15) is 8.42 Å². The molecule has 1 aromatic carbocycles. The number of sulfonamides is 1. The predicted molar refractivity (Wildman–Crippen MR) is 112 cm³/mol. The molecule has 0 radical (unpaired) electrons. The van der Waals surface area contributed by atoms with E-state index in [2.05, 4.69) is 51.6 Å². The number of benzene rings is 1. The molecule has 6 nitrogen and oxygen atoms in total. The van der Waals surface area contributed by atoms with Crippen LogP contribution in [0.2, 0.25) is 0 Å². The molecule has 0 spiro atoms. The SMILES string of the molecule is CCCS(=O)(=O)Nc1ccc(N2CCN(c3cccc(C)c3C)CC2)nc1. The third kappa shape index (κ3) is 4.71. The van der Waals surface area contributed by atoms with Gasteiger partial charge in [0.05, 0.1) is 17.6 Å². The topological polar surface area (TPSA) is 65.5 Å². The van der Waals surface area contributed by atoms with E-state index in [1.807, 2.05) is 13.0 Å². The van der Waals surface area contributed by atoms with Crippen molar-refractivity contribution in [2.75, 3.05) is 46.5 Å². The molecule has 0 saturated carbocycles. The first-order valence-electron chi connectivity index (χ1n) is 9.42. The van der Waals surface area contributed by atoms with Gasteiger partial charge in [-0.2, -0.15) is 0 Å². The van der Waals surface area contributed by atoms with Crippen LogP contribution in [-0.4, -0.2) is 45.3 Å². The third-order valence-electron chi connectivity index (χ3n) is 5.01. The van der Waals surface area contributed by atoms with Gasteiger partial charge in [-0.3, -0.25) is 4.72 Å². The lowest BCUT2D eigenvalue weighted by atomic mass is 10.1. The first-order chi connectivity index (χ1) is 12.9. The van der Waals surface area contributed by atoms with Gasteiger partial charge in [0.2, 0.25) is 10.0 Å². The van der Waals surface area contributed by atoms with Crippen molar-refractivity contribution in [1.82, 2.24) is 4.98 Å². The van der Waals surface area contributed by atoms with Crippen LogP contribution in [0.5, 0.6) is 0 Å². The normalized spacial score (nSPS) is 15.1. The third-order valence-corrected chi connectivity index (χ3v) is 6.51. The molecule has 146 valence electrons. The van der Waals surface area contributed by atoms with Gasteiger partial charge < -0.3 is 9.80 Å². The second-order valence-electron chi connectivity index (χ2n) is 7.02. The van der Waals surface area contributed by atoms with Crippen LogP contribution in [0.1, 0.15) is 24.5 Å². The van der Waals surface area contributed by atoms with Crippen LogP contribution in [0, 0.1) is 13.8 Å². The van der Waals surface area contributed by atoms with Crippen molar-refractivity contribution < 1.29 is 8.42 Å². The van der Waals surface area contributed by atoms with Gasteiger partial charge in [0.15, 0.2) is 0 Å². The van der Waals surface area contributed by atoms with E-state index < -0.39 is 10.0 Å². The molecule has 27 heavy (non-hydrogen) atoms. The molecule has 0 atom stereocenters. The molecule has 0 bridgehead atoms. The van der Waals surface area contributed by atoms with Gasteiger partial charge in [-0.1, -0.05) is 19.1 Å².